The molecular weight excluding hydrogens is 262 g/mol. The van der Waals surface area contributed by atoms with E-state index in [9.17, 15) is 8.42 Å². The molecule has 1 fully saturated rings. The van der Waals surface area contributed by atoms with Gasteiger partial charge in [-0.1, -0.05) is 0 Å². The number of hydrogen-bond acceptors (Lipinski definition) is 5. The molecular formula is C10H14ClN3O2S. The maximum absolute atomic E-state index is 11.5. The molecule has 1 aromatic rings. The molecule has 94 valence electrons. The fourth-order valence-corrected chi connectivity index (χ4v) is 3.56. The molecule has 2 heterocycles. The van der Waals surface area contributed by atoms with E-state index in [1.165, 1.54) is 0 Å². The second-order valence-corrected chi connectivity index (χ2v) is 6.68. The normalized spacial score (nSPS) is 23.6. The fraction of sp³-hybridized carbons (Fsp3) is 0.600. The molecule has 5 nitrogen and oxygen atoms in total. The summed E-state index contributed by atoms with van der Waals surface area (Å²) in [7, 11) is -2.90. The van der Waals surface area contributed by atoms with Gasteiger partial charge in [0.25, 0.3) is 0 Å². The number of anilines is 1. The molecule has 0 bridgehead atoms. The van der Waals surface area contributed by atoms with Crippen LogP contribution in [0.3, 0.4) is 0 Å². The molecule has 0 amide bonds. The van der Waals surface area contributed by atoms with Crippen LogP contribution in [0.25, 0.3) is 0 Å². The van der Waals surface area contributed by atoms with Crippen molar-refractivity contribution in [3.8, 4) is 0 Å². The standard InChI is InChI=1S/C10H14ClN3O2S/c1-8-7-17(15,16)3-2-14(8)10-12-5-9(4-11)6-13-10/h5-6,8H,2-4,7H2,1H3. The first-order valence-electron chi connectivity index (χ1n) is 5.36. The molecule has 1 saturated heterocycles. The lowest BCUT2D eigenvalue weighted by Gasteiger charge is -2.33. The van der Waals surface area contributed by atoms with Crippen LogP contribution in [0.2, 0.25) is 0 Å². The zero-order valence-corrected chi connectivity index (χ0v) is 11.1. The highest BCUT2D eigenvalue weighted by molar-refractivity contribution is 7.91. The van der Waals surface area contributed by atoms with Gasteiger partial charge in [0.2, 0.25) is 5.95 Å². The predicted octanol–water partition coefficient (Wildman–Crippen LogP) is 0.839. The van der Waals surface area contributed by atoms with Gasteiger partial charge in [0.05, 0.1) is 17.4 Å². The third-order valence-corrected chi connectivity index (χ3v) is 4.88. The van der Waals surface area contributed by atoms with Crippen LogP contribution < -0.4 is 4.90 Å². The van der Waals surface area contributed by atoms with Crippen LogP contribution in [0.15, 0.2) is 12.4 Å². The summed E-state index contributed by atoms with van der Waals surface area (Å²) in [5.74, 6) is 1.27. The highest BCUT2D eigenvalue weighted by atomic mass is 35.5. The summed E-state index contributed by atoms with van der Waals surface area (Å²) in [5, 5.41) is 0. The third-order valence-electron chi connectivity index (χ3n) is 2.77. The fourth-order valence-electron chi connectivity index (χ4n) is 1.86. The largest absolute Gasteiger partial charge is 0.336 e. The van der Waals surface area contributed by atoms with Crippen LogP contribution in [0.4, 0.5) is 5.95 Å². The molecule has 1 unspecified atom stereocenters. The van der Waals surface area contributed by atoms with Gasteiger partial charge >= 0.3 is 0 Å². The summed E-state index contributed by atoms with van der Waals surface area (Å²) in [6.07, 6.45) is 3.34. The van der Waals surface area contributed by atoms with E-state index >= 15 is 0 Å². The van der Waals surface area contributed by atoms with Crippen molar-refractivity contribution in [2.45, 2.75) is 18.8 Å². The monoisotopic (exact) mass is 275 g/mol. The van der Waals surface area contributed by atoms with E-state index in [1.54, 1.807) is 12.4 Å². The van der Waals surface area contributed by atoms with Gasteiger partial charge in [-0.15, -0.1) is 11.6 Å². The van der Waals surface area contributed by atoms with Crippen molar-refractivity contribution in [3.05, 3.63) is 18.0 Å². The average molecular weight is 276 g/mol. The van der Waals surface area contributed by atoms with E-state index in [0.717, 1.165) is 5.56 Å². The summed E-state index contributed by atoms with van der Waals surface area (Å²) in [5.41, 5.74) is 0.854. The van der Waals surface area contributed by atoms with E-state index in [1.807, 2.05) is 11.8 Å². The maximum atomic E-state index is 11.5. The molecule has 1 atom stereocenters. The lowest BCUT2D eigenvalue weighted by atomic mass is 10.3. The van der Waals surface area contributed by atoms with Crippen molar-refractivity contribution in [2.24, 2.45) is 0 Å². The van der Waals surface area contributed by atoms with E-state index in [0.29, 0.717) is 18.4 Å². The van der Waals surface area contributed by atoms with Crippen LogP contribution >= 0.6 is 11.6 Å². The number of rotatable bonds is 2. The molecule has 1 aliphatic rings. The number of alkyl halides is 1. The maximum Gasteiger partial charge on any atom is 0.225 e. The lowest BCUT2D eigenvalue weighted by molar-refractivity contribution is 0.565. The van der Waals surface area contributed by atoms with Gasteiger partial charge in [-0.2, -0.15) is 0 Å². The first-order valence-corrected chi connectivity index (χ1v) is 7.71. The minimum atomic E-state index is -2.90. The van der Waals surface area contributed by atoms with E-state index in [2.05, 4.69) is 9.97 Å². The Morgan fingerprint density at radius 2 is 2.12 bits per heavy atom. The zero-order chi connectivity index (χ0) is 12.5. The van der Waals surface area contributed by atoms with Crippen LogP contribution in [0.5, 0.6) is 0 Å². The van der Waals surface area contributed by atoms with E-state index in [-0.39, 0.29) is 17.5 Å². The number of aromatic nitrogens is 2. The molecule has 0 N–H and O–H groups in total. The predicted molar refractivity (Wildman–Crippen MR) is 67.1 cm³/mol. The number of hydrogen-bond donors (Lipinski definition) is 0. The molecule has 0 aliphatic carbocycles. The number of nitrogens with zero attached hydrogens (tertiary/aromatic N) is 3. The van der Waals surface area contributed by atoms with Crippen molar-refractivity contribution in [1.82, 2.24) is 9.97 Å². The first kappa shape index (κ1) is 12.6. The van der Waals surface area contributed by atoms with Gasteiger partial charge in [-0.05, 0) is 6.92 Å². The highest BCUT2D eigenvalue weighted by Crippen LogP contribution is 2.17. The zero-order valence-electron chi connectivity index (χ0n) is 9.50. The topological polar surface area (TPSA) is 63.2 Å². The second kappa shape index (κ2) is 4.78. The van der Waals surface area contributed by atoms with Crippen molar-refractivity contribution in [2.75, 3.05) is 23.0 Å². The van der Waals surface area contributed by atoms with Gasteiger partial charge < -0.3 is 4.90 Å². The number of sulfone groups is 1. The van der Waals surface area contributed by atoms with Crippen LogP contribution in [0.1, 0.15) is 12.5 Å². The molecule has 0 saturated carbocycles. The van der Waals surface area contributed by atoms with Crippen LogP contribution in [-0.4, -0.2) is 42.5 Å². The number of halogens is 1. The minimum Gasteiger partial charge on any atom is -0.336 e. The minimum absolute atomic E-state index is 0.0874. The van der Waals surface area contributed by atoms with Crippen molar-refractivity contribution in [1.29, 1.82) is 0 Å². The van der Waals surface area contributed by atoms with Crippen molar-refractivity contribution < 1.29 is 8.42 Å². The van der Waals surface area contributed by atoms with Gasteiger partial charge in [-0.25, -0.2) is 18.4 Å². The highest BCUT2D eigenvalue weighted by Gasteiger charge is 2.29. The summed E-state index contributed by atoms with van der Waals surface area (Å²) in [6, 6.07) is -0.0874. The second-order valence-electron chi connectivity index (χ2n) is 4.18. The summed E-state index contributed by atoms with van der Waals surface area (Å²) in [4.78, 5) is 10.3. The van der Waals surface area contributed by atoms with E-state index in [4.69, 9.17) is 11.6 Å². The Labute approximate surface area is 106 Å². The van der Waals surface area contributed by atoms with E-state index < -0.39 is 9.84 Å². The van der Waals surface area contributed by atoms with Crippen LogP contribution in [0, 0.1) is 0 Å². The first-order chi connectivity index (χ1) is 8.02. The third kappa shape index (κ3) is 2.87. The molecule has 0 radical (unpaired) electrons. The quantitative estimate of drug-likeness (QED) is 0.749. The molecule has 0 spiro atoms. The molecule has 17 heavy (non-hydrogen) atoms. The smallest absolute Gasteiger partial charge is 0.225 e. The molecule has 7 heteroatoms. The van der Waals surface area contributed by atoms with Gasteiger partial charge in [-0.3, -0.25) is 0 Å². The Morgan fingerprint density at radius 1 is 1.47 bits per heavy atom. The van der Waals surface area contributed by atoms with Gasteiger partial charge in [0, 0.05) is 30.5 Å². The van der Waals surface area contributed by atoms with Crippen molar-refractivity contribution >= 4 is 27.4 Å². The summed E-state index contributed by atoms with van der Waals surface area (Å²) in [6.45, 7) is 2.32. The Morgan fingerprint density at radius 3 is 2.65 bits per heavy atom. The average Bonchev–Trinajstić information content (AvgIpc) is 2.28. The van der Waals surface area contributed by atoms with Crippen molar-refractivity contribution in [3.63, 3.8) is 0 Å². The van der Waals surface area contributed by atoms with Crippen LogP contribution in [-0.2, 0) is 15.7 Å². The Hall–Kier alpha value is -0.880. The lowest BCUT2D eigenvalue weighted by Crippen LogP contribution is -2.47. The summed E-state index contributed by atoms with van der Waals surface area (Å²) >= 11 is 5.66. The molecule has 1 aliphatic heterocycles. The molecule has 2 rings (SSSR count). The molecule has 0 aromatic carbocycles. The summed E-state index contributed by atoms with van der Waals surface area (Å²) < 4.78 is 22.9. The Kier molecular flexibility index (Phi) is 3.53. The Bertz CT molecular complexity index is 489. The molecule has 1 aromatic heterocycles. The van der Waals surface area contributed by atoms with Gasteiger partial charge in [0.15, 0.2) is 9.84 Å². The SMILES string of the molecule is CC1CS(=O)(=O)CCN1c1ncc(CCl)cn1. The van der Waals surface area contributed by atoms with Gasteiger partial charge in [0.1, 0.15) is 0 Å². The Balaban J connectivity index is 2.17.